The second kappa shape index (κ2) is 8.13. The van der Waals surface area contributed by atoms with Gasteiger partial charge in [-0.15, -0.1) is 0 Å². The molecule has 1 aliphatic rings. The molecule has 3 heteroatoms. The van der Waals surface area contributed by atoms with Crippen LogP contribution in [0.25, 0.3) is 0 Å². The molecule has 2 atom stereocenters. The van der Waals surface area contributed by atoms with Crippen LogP contribution in [-0.2, 0) is 0 Å². The van der Waals surface area contributed by atoms with Crippen LogP contribution in [0.5, 0.6) is 0 Å². The van der Waals surface area contributed by atoms with Gasteiger partial charge in [0.05, 0.1) is 0 Å². The van der Waals surface area contributed by atoms with E-state index in [1.807, 2.05) is 0 Å². The van der Waals surface area contributed by atoms with E-state index in [9.17, 15) is 0 Å². The highest BCUT2D eigenvalue weighted by Crippen LogP contribution is 2.19. The Morgan fingerprint density at radius 3 is 2.50 bits per heavy atom. The highest BCUT2D eigenvalue weighted by Gasteiger charge is 2.29. The Balaban J connectivity index is 2.72. The summed E-state index contributed by atoms with van der Waals surface area (Å²) in [6.07, 6.45) is 2.57. The van der Waals surface area contributed by atoms with Gasteiger partial charge in [-0.3, -0.25) is 4.90 Å². The molecule has 0 aliphatic carbocycles. The van der Waals surface area contributed by atoms with Crippen LogP contribution in [0.1, 0.15) is 40.5 Å². The van der Waals surface area contributed by atoms with E-state index in [0.29, 0.717) is 6.04 Å². The van der Waals surface area contributed by atoms with E-state index in [4.69, 9.17) is 0 Å². The van der Waals surface area contributed by atoms with Gasteiger partial charge in [0.25, 0.3) is 0 Å². The summed E-state index contributed by atoms with van der Waals surface area (Å²) in [6, 6.07) is 1.41. The van der Waals surface area contributed by atoms with Gasteiger partial charge in [0, 0.05) is 31.7 Å². The summed E-state index contributed by atoms with van der Waals surface area (Å²) >= 11 is 0. The molecule has 0 bridgehead atoms. The summed E-state index contributed by atoms with van der Waals surface area (Å²) in [6.45, 7) is 15.2. The fourth-order valence-electron chi connectivity index (χ4n) is 3.09. The average Bonchev–Trinajstić information content (AvgIpc) is 2.51. The lowest BCUT2D eigenvalue weighted by molar-refractivity contribution is 0.0972. The van der Waals surface area contributed by atoms with Crippen molar-refractivity contribution in [2.75, 3.05) is 39.8 Å². The normalized spacial score (nSPS) is 25.3. The molecular formula is C15H33N3. The van der Waals surface area contributed by atoms with Crippen molar-refractivity contribution < 1.29 is 0 Å². The van der Waals surface area contributed by atoms with Crippen LogP contribution in [0, 0.1) is 5.92 Å². The summed E-state index contributed by atoms with van der Waals surface area (Å²) < 4.78 is 0. The smallest absolute Gasteiger partial charge is 0.0247 e. The van der Waals surface area contributed by atoms with Gasteiger partial charge in [0.15, 0.2) is 0 Å². The Morgan fingerprint density at radius 1 is 1.22 bits per heavy atom. The number of rotatable bonds is 6. The molecule has 1 fully saturated rings. The lowest BCUT2D eigenvalue weighted by atomic mass is 9.99. The zero-order chi connectivity index (χ0) is 13.5. The molecule has 0 aromatic carbocycles. The molecule has 18 heavy (non-hydrogen) atoms. The fraction of sp³-hybridized carbons (Fsp3) is 1.00. The SMILES string of the molecule is CCNCC(C(C)C)N1CCCN(C)CC1CC. The Kier molecular flexibility index (Phi) is 7.20. The third-order valence-corrected chi connectivity index (χ3v) is 4.22. The topological polar surface area (TPSA) is 18.5 Å². The van der Waals surface area contributed by atoms with E-state index < -0.39 is 0 Å². The van der Waals surface area contributed by atoms with E-state index in [2.05, 4.69) is 49.9 Å². The van der Waals surface area contributed by atoms with Gasteiger partial charge in [0.1, 0.15) is 0 Å². The predicted octanol–water partition coefficient (Wildman–Crippen LogP) is 2.04. The fourth-order valence-corrected chi connectivity index (χ4v) is 3.09. The van der Waals surface area contributed by atoms with E-state index in [1.54, 1.807) is 0 Å². The Labute approximate surface area is 114 Å². The van der Waals surface area contributed by atoms with Crippen molar-refractivity contribution in [3.8, 4) is 0 Å². The quantitative estimate of drug-likeness (QED) is 0.783. The van der Waals surface area contributed by atoms with Gasteiger partial charge in [0.2, 0.25) is 0 Å². The highest BCUT2D eigenvalue weighted by molar-refractivity contribution is 4.86. The zero-order valence-corrected chi connectivity index (χ0v) is 13.1. The molecule has 0 aromatic rings. The Hall–Kier alpha value is -0.120. The number of likely N-dealkylation sites (N-methyl/N-ethyl adjacent to an activating group) is 2. The van der Waals surface area contributed by atoms with Crippen LogP contribution in [0.4, 0.5) is 0 Å². The van der Waals surface area contributed by atoms with Crippen LogP contribution in [0.3, 0.4) is 0 Å². The minimum absolute atomic E-state index is 0.682. The van der Waals surface area contributed by atoms with Crippen LogP contribution in [0.2, 0.25) is 0 Å². The van der Waals surface area contributed by atoms with Gasteiger partial charge >= 0.3 is 0 Å². The van der Waals surface area contributed by atoms with Gasteiger partial charge < -0.3 is 10.2 Å². The first-order valence-electron chi connectivity index (χ1n) is 7.75. The van der Waals surface area contributed by atoms with Crippen molar-refractivity contribution in [1.29, 1.82) is 0 Å². The van der Waals surface area contributed by atoms with Crippen molar-refractivity contribution in [3.05, 3.63) is 0 Å². The molecule has 1 aliphatic heterocycles. The number of nitrogens with one attached hydrogen (secondary N) is 1. The summed E-state index contributed by atoms with van der Waals surface area (Å²) in [5.74, 6) is 0.724. The standard InChI is InChI=1S/C15H33N3/c1-6-14-12-17(5)9-8-10-18(14)15(13(3)4)11-16-7-2/h13-16H,6-12H2,1-5H3. The molecule has 1 heterocycles. The second-order valence-electron chi connectivity index (χ2n) is 6.03. The minimum Gasteiger partial charge on any atom is -0.315 e. The molecule has 0 saturated carbocycles. The lowest BCUT2D eigenvalue weighted by Crippen LogP contribution is -2.52. The van der Waals surface area contributed by atoms with E-state index in [1.165, 1.54) is 32.5 Å². The first-order chi connectivity index (χ1) is 8.60. The highest BCUT2D eigenvalue weighted by atomic mass is 15.3. The third-order valence-electron chi connectivity index (χ3n) is 4.22. The van der Waals surface area contributed by atoms with Crippen LogP contribution < -0.4 is 5.32 Å². The summed E-state index contributed by atoms with van der Waals surface area (Å²) in [7, 11) is 2.26. The van der Waals surface area contributed by atoms with Gasteiger partial charge in [-0.2, -0.15) is 0 Å². The van der Waals surface area contributed by atoms with Crippen LogP contribution in [-0.4, -0.2) is 61.7 Å². The van der Waals surface area contributed by atoms with E-state index in [-0.39, 0.29) is 0 Å². The predicted molar refractivity (Wildman–Crippen MR) is 80.1 cm³/mol. The molecule has 1 rings (SSSR count). The van der Waals surface area contributed by atoms with Gasteiger partial charge in [-0.05, 0) is 38.9 Å². The molecule has 2 unspecified atom stereocenters. The Bertz CT molecular complexity index is 218. The molecule has 0 radical (unpaired) electrons. The van der Waals surface area contributed by atoms with Crippen molar-refractivity contribution in [2.24, 2.45) is 5.92 Å². The van der Waals surface area contributed by atoms with Crippen LogP contribution >= 0.6 is 0 Å². The largest absolute Gasteiger partial charge is 0.315 e. The molecule has 3 nitrogen and oxygen atoms in total. The molecule has 1 N–H and O–H groups in total. The maximum absolute atomic E-state index is 3.55. The van der Waals surface area contributed by atoms with E-state index >= 15 is 0 Å². The molecule has 0 spiro atoms. The lowest BCUT2D eigenvalue weighted by Gasteiger charge is -2.39. The molecule has 108 valence electrons. The van der Waals surface area contributed by atoms with Crippen molar-refractivity contribution >= 4 is 0 Å². The number of hydrogen-bond donors (Lipinski definition) is 1. The van der Waals surface area contributed by atoms with Gasteiger partial charge in [-0.1, -0.05) is 27.7 Å². The Morgan fingerprint density at radius 2 is 1.94 bits per heavy atom. The van der Waals surface area contributed by atoms with E-state index in [0.717, 1.165) is 25.0 Å². The zero-order valence-electron chi connectivity index (χ0n) is 13.1. The monoisotopic (exact) mass is 255 g/mol. The number of nitrogens with zero attached hydrogens (tertiary/aromatic N) is 2. The maximum atomic E-state index is 3.55. The van der Waals surface area contributed by atoms with Crippen molar-refractivity contribution in [3.63, 3.8) is 0 Å². The molecular weight excluding hydrogens is 222 g/mol. The summed E-state index contributed by atoms with van der Waals surface area (Å²) in [5.41, 5.74) is 0. The first kappa shape index (κ1) is 15.9. The third kappa shape index (κ3) is 4.52. The van der Waals surface area contributed by atoms with Gasteiger partial charge in [-0.25, -0.2) is 0 Å². The van der Waals surface area contributed by atoms with Crippen molar-refractivity contribution in [1.82, 2.24) is 15.1 Å². The maximum Gasteiger partial charge on any atom is 0.0247 e. The summed E-state index contributed by atoms with van der Waals surface area (Å²) in [5, 5.41) is 3.55. The number of hydrogen-bond acceptors (Lipinski definition) is 3. The summed E-state index contributed by atoms with van der Waals surface area (Å²) in [4.78, 5) is 5.27. The molecule has 0 aromatic heterocycles. The van der Waals surface area contributed by atoms with Crippen molar-refractivity contribution in [2.45, 2.75) is 52.6 Å². The minimum atomic E-state index is 0.682. The molecule has 1 saturated heterocycles. The second-order valence-corrected chi connectivity index (χ2v) is 6.03. The average molecular weight is 255 g/mol. The van der Waals surface area contributed by atoms with Crippen LogP contribution in [0.15, 0.2) is 0 Å². The first-order valence-corrected chi connectivity index (χ1v) is 7.75. The molecule has 0 amide bonds.